The minimum Gasteiger partial charge on any atom is -0.352 e. The first kappa shape index (κ1) is 20.6. The number of nitrogens with one attached hydrogen (secondary N) is 2. The fraction of sp³-hybridized carbons (Fsp3) is 0.364. The van der Waals surface area contributed by atoms with Gasteiger partial charge in [-0.1, -0.05) is 26.0 Å². The van der Waals surface area contributed by atoms with Crippen LogP contribution in [-0.4, -0.2) is 43.9 Å². The van der Waals surface area contributed by atoms with E-state index in [4.69, 9.17) is 0 Å². The maximum atomic E-state index is 12.4. The molecule has 144 valence electrons. The van der Waals surface area contributed by atoms with E-state index in [9.17, 15) is 9.59 Å². The van der Waals surface area contributed by atoms with Crippen molar-refractivity contribution in [3.8, 4) is 0 Å². The molecule has 0 heterocycles. The summed E-state index contributed by atoms with van der Waals surface area (Å²) in [5.41, 5.74) is 3.06. The Morgan fingerprint density at radius 1 is 0.889 bits per heavy atom. The summed E-state index contributed by atoms with van der Waals surface area (Å²) in [5.74, 6) is 0.145. The summed E-state index contributed by atoms with van der Waals surface area (Å²) in [7, 11) is 4.01. The quantitative estimate of drug-likeness (QED) is 0.699. The minimum atomic E-state index is -0.190. The zero-order chi connectivity index (χ0) is 19.8. The first-order chi connectivity index (χ1) is 12.9. The van der Waals surface area contributed by atoms with E-state index in [1.165, 1.54) is 5.56 Å². The number of hydrogen-bond acceptors (Lipinski definition) is 3. The molecule has 5 nitrogen and oxygen atoms in total. The van der Waals surface area contributed by atoms with Gasteiger partial charge in [-0.05, 0) is 74.9 Å². The molecule has 0 aromatic heterocycles. The molecule has 2 aromatic rings. The first-order valence-electron chi connectivity index (χ1n) is 9.31. The lowest BCUT2D eigenvalue weighted by Crippen LogP contribution is -2.27. The van der Waals surface area contributed by atoms with Gasteiger partial charge in [-0.25, -0.2) is 0 Å². The molecule has 0 bridgehead atoms. The van der Waals surface area contributed by atoms with Crippen LogP contribution in [0.1, 0.15) is 52.5 Å². The Kier molecular flexibility index (Phi) is 7.55. The molecule has 0 fully saturated rings. The van der Waals surface area contributed by atoms with E-state index < -0.39 is 0 Å². The highest BCUT2D eigenvalue weighted by Gasteiger charge is 2.09. The second kappa shape index (κ2) is 9.88. The van der Waals surface area contributed by atoms with Gasteiger partial charge in [0.25, 0.3) is 11.8 Å². The molecule has 0 aliphatic carbocycles. The van der Waals surface area contributed by atoms with E-state index in [-0.39, 0.29) is 11.8 Å². The van der Waals surface area contributed by atoms with Gasteiger partial charge in [0.2, 0.25) is 0 Å². The summed E-state index contributed by atoms with van der Waals surface area (Å²) >= 11 is 0. The molecule has 5 heteroatoms. The molecule has 0 aliphatic heterocycles. The van der Waals surface area contributed by atoms with Crippen molar-refractivity contribution < 1.29 is 9.59 Å². The average molecular weight is 367 g/mol. The SMILES string of the molecule is CC(C)c1ccc(NC(=O)c2ccc(C(=O)NCCCN(C)C)cc2)cc1. The van der Waals surface area contributed by atoms with Crippen LogP contribution in [0.2, 0.25) is 0 Å². The fourth-order valence-corrected chi connectivity index (χ4v) is 2.63. The second-order valence-corrected chi connectivity index (χ2v) is 7.22. The summed E-state index contributed by atoms with van der Waals surface area (Å²) in [5, 5.41) is 5.77. The van der Waals surface area contributed by atoms with Crippen molar-refractivity contribution in [2.45, 2.75) is 26.2 Å². The van der Waals surface area contributed by atoms with Gasteiger partial charge in [0, 0.05) is 23.4 Å². The molecule has 0 spiro atoms. The van der Waals surface area contributed by atoms with Crippen molar-refractivity contribution in [3.05, 3.63) is 65.2 Å². The summed E-state index contributed by atoms with van der Waals surface area (Å²) in [6.45, 7) is 5.82. The monoisotopic (exact) mass is 367 g/mol. The van der Waals surface area contributed by atoms with Gasteiger partial charge >= 0.3 is 0 Å². The van der Waals surface area contributed by atoms with Crippen LogP contribution < -0.4 is 10.6 Å². The van der Waals surface area contributed by atoms with Crippen LogP contribution in [0.25, 0.3) is 0 Å². The molecule has 0 atom stereocenters. The molecule has 0 saturated carbocycles. The van der Waals surface area contributed by atoms with Crippen LogP contribution in [0, 0.1) is 0 Å². The highest BCUT2D eigenvalue weighted by molar-refractivity contribution is 6.05. The Morgan fingerprint density at radius 2 is 1.44 bits per heavy atom. The topological polar surface area (TPSA) is 61.4 Å². The summed E-state index contributed by atoms with van der Waals surface area (Å²) in [4.78, 5) is 26.6. The Hall–Kier alpha value is -2.66. The molecule has 27 heavy (non-hydrogen) atoms. The fourth-order valence-electron chi connectivity index (χ4n) is 2.63. The van der Waals surface area contributed by atoms with Gasteiger partial charge in [-0.2, -0.15) is 0 Å². The van der Waals surface area contributed by atoms with Crippen molar-refractivity contribution in [1.82, 2.24) is 10.2 Å². The summed E-state index contributed by atoms with van der Waals surface area (Å²) in [6.07, 6.45) is 0.898. The second-order valence-electron chi connectivity index (χ2n) is 7.22. The van der Waals surface area contributed by atoms with E-state index >= 15 is 0 Å². The number of nitrogens with zero attached hydrogens (tertiary/aromatic N) is 1. The van der Waals surface area contributed by atoms with E-state index in [1.54, 1.807) is 24.3 Å². The third-order valence-corrected chi connectivity index (χ3v) is 4.31. The van der Waals surface area contributed by atoms with E-state index in [0.29, 0.717) is 23.6 Å². The molecule has 2 aromatic carbocycles. The highest BCUT2D eigenvalue weighted by atomic mass is 16.2. The normalized spacial score (nSPS) is 10.9. The van der Waals surface area contributed by atoms with Crippen LogP contribution in [0.5, 0.6) is 0 Å². The van der Waals surface area contributed by atoms with Crippen LogP contribution in [0.15, 0.2) is 48.5 Å². The zero-order valence-electron chi connectivity index (χ0n) is 16.6. The minimum absolute atomic E-state index is 0.120. The van der Waals surface area contributed by atoms with Crippen molar-refractivity contribution in [2.24, 2.45) is 0 Å². The largest absolute Gasteiger partial charge is 0.352 e. The third kappa shape index (κ3) is 6.53. The number of carbonyl (C=O) groups is 2. The highest BCUT2D eigenvalue weighted by Crippen LogP contribution is 2.17. The predicted octanol–water partition coefficient (Wildman–Crippen LogP) is 3.74. The molecule has 2 N–H and O–H groups in total. The van der Waals surface area contributed by atoms with E-state index in [2.05, 4.69) is 29.4 Å². The molecule has 0 unspecified atom stereocenters. The Morgan fingerprint density at radius 3 is 1.96 bits per heavy atom. The number of carbonyl (C=O) groups excluding carboxylic acids is 2. The van der Waals surface area contributed by atoms with E-state index in [1.807, 2.05) is 38.4 Å². The van der Waals surface area contributed by atoms with Crippen LogP contribution in [0.3, 0.4) is 0 Å². The van der Waals surface area contributed by atoms with Gasteiger partial charge in [-0.3, -0.25) is 9.59 Å². The molecular weight excluding hydrogens is 338 g/mol. The molecule has 2 rings (SSSR count). The van der Waals surface area contributed by atoms with Crippen LogP contribution in [0.4, 0.5) is 5.69 Å². The Bertz CT molecular complexity index is 750. The molecule has 0 radical (unpaired) electrons. The van der Waals surface area contributed by atoms with Gasteiger partial charge in [0.05, 0.1) is 0 Å². The van der Waals surface area contributed by atoms with Crippen molar-refractivity contribution in [2.75, 3.05) is 32.5 Å². The molecule has 0 aliphatic rings. The number of anilines is 1. The third-order valence-electron chi connectivity index (χ3n) is 4.31. The Balaban J connectivity index is 1.89. The van der Waals surface area contributed by atoms with Crippen molar-refractivity contribution in [1.29, 1.82) is 0 Å². The number of amides is 2. The zero-order valence-corrected chi connectivity index (χ0v) is 16.6. The van der Waals surface area contributed by atoms with Crippen molar-refractivity contribution >= 4 is 17.5 Å². The lowest BCUT2D eigenvalue weighted by Gasteiger charge is -2.10. The smallest absolute Gasteiger partial charge is 0.255 e. The predicted molar refractivity (Wildman–Crippen MR) is 110 cm³/mol. The Labute approximate surface area is 161 Å². The molecular formula is C22H29N3O2. The van der Waals surface area contributed by atoms with Gasteiger partial charge in [0.1, 0.15) is 0 Å². The molecule has 0 saturated heterocycles. The maximum absolute atomic E-state index is 12.4. The lowest BCUT2D eigenvalue weighted by molar-refractivity contribution is 0.0950. The average Bonchev–Trinajstić information content (AvgIpc) is 2.65. The van der Waals surface area contributed by atoms with Crippen LogP contribution in [-0.2, 0) is 0 Å². The molecule has 2 amide bonds. The standard InChI is InChI=1S/C22H29N3O2/c1-16(2)17-10-12-20(13-11-17)24-22(27)19-8-6-18(7-9-19)21(26)23-14-5-15-25(3)4/h6-13,16H,5,14-15H2,1-4H3,(H,23,26)(H,24,27). The van der Waals surface area contributed by atoms with E-state index in [0.717, 1.165) is 18.7 Å². The number of hydrogen-bond donors (Lipinski definition) is 2. The first-order valence-corrected chi connectivity index (χ1v) is 9.31. The van der Waals surface area contributed by atoms with Gasteiger partial charge in [0.15, 0.2) is 0 Å². The van der Waals surface area contributed by atoms with Crippen LogP contribution >= 0.6 is 0 Å². The number of rotatable bonds is 8. The lowest BCUT2D eigenvalue weighted by atomic mass is 10.0. The summed E-state index contributed by atoms with van der Waals surface area (Å²) < 4.78 is 0. The van der Waals surface area contributed by atoms with Gasteiger partial charge < -0.3 is 15.5 Å². The number of benzene rings is 2. The maximum Gasteiger partial charge on any atom is 0.255 e. The summed E-state index contributed by atoms with van der Waals surface area (Å²) in [6, 6.07) is 14.6. The van der Waals surface area contributed by atoms with Crippen molar-refractivity contribution in [3.63, 3.8) is 0 Å². The van der Waals surface area contributed by atoms with Gasteiger partial charge in [-0.15, -0.1) is 0 Å².